The summed E-state index contributed by atoms with van der Waals surface area (Å²) in [7, 11) is 4.12. The van der Waals surface area contributed by atoms with E-state index in [1.165, 1.54) is 12.8 Å². The van der Waals surface area contributed by atoms with Crippen LogP contribution in [0.2, 0.25) is 0 Å². The molecule has 0 saturated carbocycles. The molecule has 0 aromatic rings. The Morgan fingerprint density at radius 1 is 1.13 bits per heavy atom. The van der Waals surface area contributed by atoms with Gasteiger partial charge < -0.3 is 15.0 Å². The minimum absolute atomic E-state index is 0.283. The first-order chi connectivity index (χ1) is 7.04. The van der Waals surface area contributed by atoms with Crippen molar-refractivity contribution in [3.63, 3.8) is 0 Å². The van der Waals surface area contributed by atoms with E-state index < -0.39 is 0 Å². The standard InChI is InChI=1S/C12H28N2O/c1-6-12(3,7-2)13-8-10-15-11-9-14(4)5/h13H,6-11H2,1-5H3. The van der Waals surface area contributed by atoms with Crippen LogP contribution in [0.3, 0.4) is 0 Å². The van der Waals surface area contributed by atoms with E-state index in [4.69, 9.17) is 4.74 Å². The predicted octanol–water partition coefficient (Wildman–Crippen LogP) is 1.73. The molecule has 0 aliphatic carbocycles. The molecule has 0 saturated heterocycles. The van der Waals surface area contributed by atoms with Gasteiger partial charge in [0, 0.05) is 18.6 Å². The molecule has 3 heteroatoms. The average molecular weight is 216 g/mol. The van der Waals surface area contributed by atoms with Gasteiger partial charge in [-0.1, -0.05) is 13.8 Å². The smallest absolute Gasteiger partial charge is 0.0593 e. The molecule has 0 rings (SSSR count). The van der Waals surface area contributed by atoms with E-state index in [9.17, 15) is 0 Å². The Labute approximate surface area is 95.2 Å². The topological polar surface area (TPSA) is 24.5 Å². The number of nitrogens with zero attached hydrogens (tertiary/aromatic N) is 1. The van der Waals surface area contributed by atoms with Gasteiger partial charge in [-0.15, -0.1) is 0 Å². The highest BCUT2D eigenvalue weighted by Crippen LogP contribution is 2.12. The first-order valence-electron chi connectivity index (χ1n) is 6.01. The quantitative estimate of drug-likeness (QED) is 0.594. The lowest BCUT2D eigenvalue weighted by molar-refractivity contribution is 0.113. The van der Waals surface area contributed by atoms with E-state index in [1.807, 2.05) is 0 Å². The number of hydrogen-bond donors (Lipinski definition) is 1. The summed E-state index contributed by atoms with van der Waals surface area (Å²) >= 11 is 0. The Hall–Kier alpha value is -0.120. The van der Waals surface area contributed by atoms with Crippen LogP contribution in [-0.4, -0.2) is 50.8 Å². The van der Waals surface area contributed by atoms with Gasteiger partial charge in [0.25, 0.3) is 0 Å². The van der Waals surface area contributed by atoms with Crippen LogP contribution in [-0.2, 0) is 4.74 Å². The van der Waals surface area contributed by atoms with E-state index in [0.717, 1.165) is 26.3 Å². The molecule has 0 aromatic heterocycles. The molecule has 1 N–H and O–H groups in total. The van der Waals surface area contributed by atoms with Gasteiger partial charge in [0.2, 0.25) is 0 Å². The molecule has 15 heavy (non-hydrogen) atoms. The molecule has 92 valence electrons. The second-order valence-corrected chi connectivity index (χ2v) is 4.61. The molecule has 0 spiro atoms. The van der Waals surface area contributed by atoms with Crippen LogP contribution < -0.4 is 5.32 Å². The fourth-order valence-electron chi connectivity index (χ4n) is 1.27. The predicted molar refractivity (Wildman–Crippen MR) is 66.4 cm³/mol. The third-order valence-corrected chi connectivity index (χ3v) is 3.04. The fraction of sp³-hybridized carbons (Fsp3) is 1.00. The minimum Gasteiger partial charge on any atom is -0.379 e. The molecule has 0 bridgehead atoms. The van der Waals surface area contributed by atoms with Crippen molar-refractivity contribution in [3.05, 3.63) is 0 Å². The second-order valence-electron chi connectivity index (χ2n) is 4.61. The monoisotopic (exact) mass is 216 g/mol. The van der Waals surface area contributed by atoms with Gasteiger partial charge in [-0.05, 0) is 33.9 Å². The van der Waals surface area contributed by atoms with Gasteiger partial charge in [0.1, 0.15) is 0 Å². The van der Waals surface area contributed by atoms with Crippen LogP contribution in [0.5, 0.6) is 0 Å². The largest absolute Gasteiger partial charge is 0.379 e. The molecule has 0 aromatic carbocycles. The van der Waals surface area contributed by atoms with Gasteiger partial charge in [-0.3, -0.25) is 0 Å². The molecular formula is C12H28N2O. The second kappa shape index (κ2) is 8.08. The summed E-state index contributed by atoms with van der Waals surface area (Å²) in [6, 6.07) is 0. The summed E-state index contributed by atoms with van der Waals surface area (Å²) in [4.78, 5) is 2.13. The highest BCUT2D eigenvalue weighted by molar-refractivity contribution is 4.79. The Balaban J connectivity index is 3.37. The Bertz CT molecular complexity index is 145. The molecule has 0 fully saturated rings. The maximum atomic E-state index is 5.52. The molecule has 0 unspecified atom stereocenters. The zero-order chi connectivity index (χ0) is 11.7. The maximum absolute atomic E-state index is 5.52. The highest BCUT2D eigenvalue weighted by atomic mass is 16.5. The van der Waals surface area contributed by atoms with E-state index in [-0.39, 0.29) is 5.54 Å². The Morgan fingerprint density at radius 3 is 2.20 bits per heavy atom. The lowest BCUT2D eigenvalue weighted by Gasteiger charge is -2.28. The molecule has 3 nitrogen and oxygen atoms in total. The summed E-state index contributed by atoms with van der Waals surface area (Å²) < 4.78 is 5.52. The van der Waals surface area contributed by atoms with Gasteiger partial charge in [-0.2, -0.15) is 0 Å². The lowest BCUT2D eigenvalue weighted by Crippen LogP contribution is -2.42. The SMILES string of the molecule is CCC(C)(CC)NCCOCCN(C)C. The maximum Gasteiger partial charge on any atom is 0.0593 e. The first-order valence-corrected chi connectivity index (χ1v) is 6.01. The molecular weight excluding hydrogens is 188 g/mol. The fourth-order valence-corrected chi connectivity index (χ4v) is 1.27. The molecule has 0 atom stereocenters. The van der Waals surface area contributed by atoms with E-state index >= 15 is 0 Å². The van der Waals surface area contributed by atoms with Crippen molar-refractivity contribution in [3.8, 4) is 0 Å². The van der Waals surface area contributed by atoms with E-state index in [1.54, 1.807) is 0 Å². The van der Waals surface area contributed by atoms with Crippen LogP contribution in [0.4, 0.5) is 0 Å². The summed E-state index contributed by atoms with van der Waals surface area (Å²) in [6.07, 6.45) is 2.34. The molecule has 0 radical (unpaired) electrons. The zero-order valence-corrected chi connectivity index (χ0v) is 11.1. The molecule has 0 amide bonds. The van der Waals surface area contributed by atoms with Crippen molar-refractivity contribution in [1.82, 2.24) is 10.2 Å². The van der Waals surface area contributed by atoms with Gasteiger partial charge >= 0.3 is 0 Å². The number of likely N-dealkylation sites (N-methyl/N-ethyl adjacent to an activating group) is 1. The molecule has 0 aliphatic rings. The number of ether oxygens (including phenoxy) is 1. The number of nitrogens with one attached hydrogen (secondary N) is 1. The molecule has 0 heterocycles. The van der Waals surface area contributed by atoms with Crippen molar-refractivity contribution >= 4 is 0 Å². The van der Waals surface area contributed by atoms with E-state index in [2.05, 4.69) is 45.1 Å². The van der Waals surface area contributed by atoms with Crippen molar-refractivity contribution in [2.75, 3.05) is 40.4 Å². The molecule has 0 aliphatic heterocycles. The summed E-state index contributed by atoms with van der Waals surface area (Å²) in [5.74, 6) is 0. The van der Waals surface area contributed by atoms with Crippen LogP contribution in [0.25, 0.3) is 0 Å². The zero-order valence-electron chi connectivity index (χ0n) is 11.1. The summed E-state index contributed by atoms with van der Waals surface area (Å²) in [6.45, 7) is 10.3. The first kappa shape index (κ1) is 14.9. The minimum atomic E-state index is 0.283. The van der Waals surface area contributed by atoms with Gasteiger partial charge in [0.05, 0.1) is 13.2 Å². The van der Waals surface area contributed by atoms with Gasteiger partial charge in [-0.25, -0.2) is 0 Å². The Kier molecular flexibility index (Phi) is 8.02. The van der Waals surface area contributed by atoms with Crippen molar-refractivity contribution in [1.29, 1.82) is 0 Å². The highest BCUT2D eigenvalue weighted by Gasteiger charge is 2.17. The number of rotatable bonds is 9. The van der Waals surface area contributed by atoms with E-state index in [0.29, 0.717) is 0 Å². The van der Waals surface area contributed by atoms with Crippen LogP contribution in [0, 0.1) is 0 Å². The van der Waals surface area contributed by atoms with Crippen molar-refractivity contribution in [2.45, 2.75) is 39.2 Å². The summed E-state index contributed by atoms with van der Waals surface area (Å²) in [5, 5.41) is 3.54. The van der Waals surface area contributed by atoms with Crippen LogP contribution in [0.15, 0.2) is 0 Å². The third-order valence-electron chi connectivity index (χ3n) is 3.04. The van der Waals surface area contributed by atoms with Crippen molar-refractivity contribution in [2.24, 2.45) is 0 Å². The average Bonchev–Trinajstić information content (AvgIpc) is 2.22. The lowest BCUT2D eigenvalue weighted by atomic mass is 9.96. The third kappa shape index (κ3) is 7.77. The van der Waals surface area contributed by atoms with Crippen LogP contribution in [0.1, 0.15) is 33.6 Å². The number of hydrogen-bond acceptors (Lipinski definition) is 3. The normalized spacial score (nSPS) is 12.4. The van der Waals surface area contributed by atoms with Crippen LogP contribution >= 0.6 is 0 Å². The van der Waals surface area contributed by atoms with Crippen molar-refractivity contribution < 1.29 is 4.74 Å². The van der Waals surface area contributed by atoms with Gasteiger partial charge in [0.15, 0.2) is 0 Å². The Morgan fingerprint density at radius 2 is 1.73 bits per heavy atom. The summed E-state index contributed by atoms with van der Waals surface area (Å²) in [5.41, 5.74) is 0.283.